The summed E-state index contributed by atoms with van der Waals surface area (Å²) in [4.78, 5) is 28.0. The summed E-state index contributed by atoms with van der Waals surface area (Å²) in [7, 11) is 0. The summed E-state index contributed by atoms with van der Waals surface area (Å²) in [6, 6.07) is 51.2. The first-order valence-electron chi connectivity index (χ1n) is 15.8. The zero-order chi connectivity index (χ0) is 32.0. The van der Waals surface area contributed by atoms with Crippen LogP contribution in [0.2, 0.25) is 0 Å². The number of rotatable bonds is 5. The van der Waals surface area contributed by atoms with Crippen molar-refractivity contribution in [3.05, 3.63) is 174 Å². The average molecular weight is 606 g/mol. The first kappa shape index (κ1) is 28.5. The zero-order valence-corrected chi connectivity index (χ0v) is 26.2. The highest BCUT2D eigenvalue weighted by Gasteiger charge is 2.36. The summed E-state index contributed by atoms with van der Waals surface area (Å²) in [6.45, 7) is 4.41. The molecule has 0 atom stereocenters. The first-order chi connectivity index (χ1) is 23.0. The van der Waals surface area contributed by atoms with Gasteiger partial charge in [0.15, 0.2) is 23.3 Å². The zero-order valence-electron chi connectivity index (χ0n) is 26.2. The maximum Gasteiger partial charge on any atom is 0.193 e. The molecule has 0 unspecified atom stereocenters. The largest absolute Gasteiger partial charge is 0.289 e. The highest BCUT2D eigenvalue weighted by Crippen LogP contribution is 2.42. The molecule has 1 aliphatic carbocycles. The number of carbonyl (C=O) groups excluding carboxylic acids is 1. The van der Waals surface area contributed by atoms with Gasteiger partial charge >= 0.3 is 0 Å². The summed E-state index contributed by atoms with van der Waals surface area (Å²) in [5.41, 5.74) is 10.6. The minimum atomic E-state index is -0.272. The monoisotopic (exact) mass is 605 g/mol. The van der Waals surface area contributed by atoms with E-state index >= 15 is 0 Å². The van der Waals surface area contributed by atoms with E-state index < -0.39 is 0 Å². The van der Waals surface area contributed by atoms with Crippen LogP contribution in [0.4, 0.5) is 0 Å². The third kappa shape index (κ3) is 5.14. The Hall–Kier alpha value is -6.00. The molecule has 0 spiro atoms. The van der Waals surface area contributed by atoms with Crippen LogP contribution in [0.15, 0.2) is 152 Å². The molecule has 4 nitrogen and oxygen atoms in total. The van der Waals surface area contributed by atoms with Crippen LogP contribution in [0.5, 0.6) is 0 Å². The van der Waals surface area contributed by atoms with Crippen molar-refractivity contribution in [2.24, 2.45) is 0 Å². The molecule has 1 aliphatic rings. The van der Waals surface area contributed by atoms with Gasteiger partial charge in [-0.25, -0.2) is 15.0 Å². The van der Waals surface area contributed by atoms with E-state index in [-0.39, 0.29) is 11.2 Å². The molecule has 4 heteroatoms. The Labute approximate surface area is 274 Å². The van der Waals surface area contributed by atoms with Crippen LogP contribution in [0, 0.1) is 0 Å². The van der Waals surface area contributed by atoms with Gasteiger partial charge in [0.25, 0.3) is 0 Å². The van der Waals surface area contributed by atoms with Crippen LogP contribution in [-0.4, -0.2) is 20.7 Å². The topological polar surface area (TPSA) is 55.7 Å². The first-order valence-corrected chi connectivity index (χ1v) is 15.8. The number of benzene rings is 6. The Bertz CT molecular complexity index is 2220. The van der Waals surface area contributed by atoms with Gasteiger partial charge in [-0.1, -0.05) is 153 Å². The highest BCUT2D eigenvalue weighted by atomic mass is 16.1. The van der Waals surface area contributed by atoms with Crippen LogP contribution in [-0.2, 0) is 5.41 Å². The molecule has 0 saturated heterocycles. The van der Waals surface area contributed by atoms with Crippen molar-refractivity contribution in [1.29, 1.82) is 0 Å². The van der Waals surface area contributed by atoms with Gasteiger partial charge in [-0.15, -0.1) is 0 Å². The molecule has 47 heavy (non-hydrogen) atoms. The third-order valence-corrected chi connectivity index (χ3v) is 9.15. The highest BCUT2D eigenvalue weighted by molar-refractivity contribution is 6.13. The maximum absolute atomic E-state index is 13.3. The van der Waals surface area contributed by atoms with Crippen LogP contribution in [0.1, 0.15) is 40.9 Å². The molecule has 0 bridgehead atoms. The van der Waals surface area contributed by atoms with E-state index in [0.29, 0.717) is 17.5 Å². The second-order valence-corrected chi connectivity index (χ2v) is 12.5. The molecular formula is C43H31N3O. The fourth-order valence-electron chi connectivity index (χ4n) is 6.59. The van der Waals surface area contributed by atoms with Gasteiger partial charge in [-0.3, -0.25) is 4.79 Å². The van der Waals surface area contributed by atoms with Crippen molar-refractivity contribution in [3.63, 3.8) is 0 Å². The molecule has 8 rings (SSSR count). The van der Waals surface area contributed by atoms with Gasteiger partial charge in [-0.2, -0.15) is 0 Å². The van der Waals surface area contributed by atoms with Gasteiger partial charge < -0.3 is 0 Å². The lowest BCUT2D eigenvalue weighted by molar-refractivity contribution is 0.103. The summed E-state index contributed by atoms with van der Waals surface area (Å²) in [6.07, 6.45) is 0. The summed E-state index contributed by atoms with van der Waals surface area (Å²) in [5.74, 6) is 2.01. The molecule has 0 aliphatic heterocycles. The fraction of sp³-hybridized carbons (Fsp3) is 0.0698. The quantitative estimate of drug-likeness (QED) is 0.196. The number of nitrogens with zero attached hydrogens (tertiary/aromatic N) is 3. The summed E-state index contributed by atoms with van der Waals surface area (Å²) in [5, 5.41) is 0. The van der Waals surface area contributed by atoms with Gasteiger partial charge in [0, 0.05) is 33.2 Å². The Balaban J connectivity index is 1.13. The molecule has 0 saturated carbocycles. The Morgan fingerprint density at radius 3 is 1.45 bits per heavy atom. The van der Waals surface area contributed by atoms with Crippen molar-refractivity contribution in [1.82, 2.24) is 15.0 Å². The minimum Gasteiger partial charge on any atom is -0.289 e. The number of carbonyl (C=O) groups is 1. The second-order valence-electron chi connectivity index (χ2n) is 12.5. The molecule has 7 aromatic rings. The second kappa shape index (κ2) is 11.4. The van der Waals surface area contributed by atoms with Gasteiger partial charge in [0.05, 0.1) is 0 Å². The van der Waals surface area contributed by atoms with E-state index in [1.807, 2.05) is 97.1 Å². The number of ketones is 1. The van der Waals surface area contributed by atoms with E-state index in [9.17, 15) is 4.79 Å². The van der Waals surface area contributed by atoms with E-state index in [2.05, 4.69) is 68.4 Å². The lowest BCUT2D eigenvalue weighted by Crippen LogP contribution is -2.30. The Morgan fingerprint density at radius 2 is 0.830 bits per heavy atom. The normalized spacial score (nSPS) is 13.1. The van der Waals surface area contributed by atoms with Gasteiger partial charge in [0.2, 0.25) is 0 Å². The molecule has 6 aromatic carbocycles. The van der Waals surface area contributed by atoms with Crippen molar-refractivity contribution in [2.45, 2.75) is 19.3 Å². The van der Waals surface area contributed by atoms with Crippen molar-refractivity contribution < 1.29 is 4.79 Å². The SMILES string of the molecule is CC1(C)c2ccccc2C(=O)c2ccc(-c3ccc(-c4cccc(-c5nc(-c6ccccc6)nc(-c6ccccc6)n5)c4)cc3)cc21. The molecule has 0 amide bonds. The smallest absolute Gasteiger partial charge is 0.193 e. The third-order valence-electron chi connectivity index (χ3n) is 9.15. The number of hydrogen-bond donors (Lipinski definition) is 0. The maximum atomic E-state index is 13.3. The Morgan fingerprint density at radius 1 is 0.383 bits per heavy atom. The number of fused-ring (bicyclic) bond motifs is 2. The van der Waals surface area contributed by atoms with Gasteiger partial charge in [-0.05, 0) is 45.5 Å². The van der Waals surface area contributed by atoms with Crippen molar-refractivity contribution in [2.75, 3.05) is 0 Å². The van der Waals surface area contributed by atoms with Crippen LogP contribution in [0.25, 0.3) is 56.4 Å². The number of hydrogen-bond acceptors (Lipinski definition) is 4. The Kier molecular flexibility index (Phi) is 6.92. The molecular weight excluding hydrogens is 574 g/mol. The minimum absolute atomic E-state index is 0.0988. The van der Waals surface area contributed by atoms with E-state index in [1.54, 1.807) is 0 Å². The van der Waals surface area contributed by atoms with Crippen LogP contribution >= 0.6 is 0 Å². The average Bonchev–Trinajstić information content (AvgIpc) is 3.14. The van der Waals surface area contributed by atoms with Gasteiger partial charge in [0.1, 0.15) is 0 Å². The molecule has 1 heterocycles. The lowest BCUT2D eigenvalue weighted by atomic mass is 9.68. The standard InChI is InChI=1S/C43H31N3O/c1-43(2)37-19-10-9-18-35(37)39(47)36-25-24-33(27-38(36)43)29-22-20-28(21-23-29)32-16-11-17-34(26-32)42-45-40(30-12-5-3-6-13-30)44-41(46-42)31-14-7-4-8-15-31/h3-27H,1-2H3. The van der Waals surface area contributed by atoms with Crippen molar-refractivity contribution in [3.8, 4) is 56.4 Å². The molecule has 0 radical (unpaired) electrons. The van der Waals surface area contributed by atoms with E-state index in [0.717, 1.165) is 61.2 Å². The van der Waals surface area contributed by atoms with Crippen molar-refractivity contribution >= 4 is 5.78 Å². The van der Waals surface area contributed by atoms with Crippen LogP contribution < -0.4 is 0 Å². The van der Waals surface area contributed by atoms with E-state index in [4.69, 9.17) is 15.0 Å². The predicted octanol–water partition coefficient (Wildman–Crippen LogP) is 10.1. The number of aromatic nitrogens is 3. The fourth-order valence-corrected chi connectivity index (χ4v) is 6.59. The molecule has 224 valence electrons. The molecule has 1 aromatic heterocycles. The molecule has 0 N–H and O–H groups in total. The lowest BCUT2D eigenvalue weighted by Gasteiger charge is -2.34. The summed E-state index contributed by atoms with van der Waals surface area (Å²) >= 11 is 0. The van der Waals surface area contributed by atoms with Crippen LogP contribution in [0.3, 0.4) is 0 Å². The summed E-state index contributed by atoms with van der Waals surface area (Å²) < 4.78 is 0. The van der Waals surface area contributed by atoms with E-state index in [1.165, 1.54) is 0 Å². The predicted molar refractivity (Wildman–Crippen MR) is 189 cm³/mol. The molecule has 0 fully saturated rings.